The summed E-state index contributed by atoms with van der Waals surface area (Å²) in [5, 5.41) is 21.8. The van der Waals surface area contributed by atoms with E-state index in [1.54, 1.807) is 12.3 Å². The average Bonchev–Trinajstić information content (AvgIpc) is 2.68. The molecule has 0 aliphatic carbocycles. The van der Waals surface area contributed by atoms with Gasteiger partial charge in [0.15, 0.2) is 0 Å². The van der Waals surface area contributed by atoms with Crippen LogP contribution in [0, 0.1) is 0 Å². The fraction of sp³-hybridized carbons (Fsp3) is 0.444. The maximum absolute atomic E-state index is 11.1. The van der Waals surface area contributed by atoms with Crippen molar-refractivity contribution in [3.63, 3.8) is 0 Å². The molecule has 1 fully saturated rings. The molecule has 1 atom stereocenters. The summed E-state index contributed by atoms with van der Waals surface area (Å²) in [6, 6.07) is 4.88. The Bertz CT molecular complexity index is 755. The van der Waals surface area contributed by atoms with Crippen molar-refractivity contribution in [2.45, 2.75) is 25.3 Å². The largest absolute Gasteiger partial charge is 0.478 e. The third kappa shape index (κ3) is 4.53. The summed E-state index contributed by atoms with van der Waals surface area (Å²) in [5.41, 5.74) is 1.23. The third-order valence-corrected chi connectivity index (χ3v) is 4.57. The van der Waals surface area contributed by atoms with Gasteiger partial charge < -0.3 is 15.5 Å². The van der Waals surface area contributed by atoms with Crippen LogP contribution in [0.5, 0.6) is 0 Å². The zero-order chi connectivity index (χ0) is 18.4. The van der Waals surface area contributed by atoms with Gasteiger partial charge in [-0.3, -0.25) is 9.88 Å². The Hall–Kier alpha value is -2.58. The fourth-order valence-electron chi connectivity index (χ4n) is 3.16. The Kier molecular flexibility index (Phi) is 6.08. The minimum atomic E-state index is -0.999. The number of aromatic nitrogens is 3. The molecule has 8 nitrogen and oxygen atoms in total. The number of carboxylic acid groups (broad SMARTS) is 1. The van der Waals surface area contributed by atoms with Crippen molar-refractivity contribution in [3.05, 3.63) is 36.2 Å². The normalized spacial score (nSPS) is 17.8. The number of rotatable bonds is 7. The van der Waals surface area contributed by atoms with Crippen LogP contribution in [0.15, 0.2) is 30.6 Å². The number of piperidine rings is 1. The van der Waals surface area contributed by atoms with Crippen LogP contribution in [0.3, 0.4) is 0 Å². The molecule has 3 heterocycles. The molecular weight excluding hydrogens is 334 g/mol. The number of carbonyl (C=O) groups is 1. The molecular formula is C18H23N5O3. The van der Waals surface area contributed by atoms with Crippen molar-refractivity contribution in [2.75, 3.05) is 31.6 Å². The van der Waals surface area contributed by atoms with Crippen molar-refractivity contribution in [2.24, 2.45) is 0 Å². The van der Waals surface area contributed by atoms with Gasteiger partial charge in [-0.05, 0) is 37.6 Å². The number of hydrogen-bond acceptors (Lipinski definition) is 7. The highest BCUT2D eigenvalue weighted by Crippen LogP contribution is 2.17. The Morgan fingerprint density at radius 2 is 2.08 bits per heavy atom. The van der Waals surface area contributed by atoms with Crippen molar-refractivity contribution >= 4 is 11.9 Å². The number of pyridine rings is 1. The second-order valence-electron chi connectivity index (χ2n) is 6.30. The van der Waals surface area contributed by atoms with Crippen molar-refractivity contribution in [1.82, 2.24) is 19.9 Å². The van der Waals surface area contributed by atoms with E-state index in [2.05, 4.69) is 25.2 Å². The van der Waals surface area contributed by atoms with E-state index in [1.807, 2.05) is 0 Å². The first-order valence-corrected chi connectivity index (χ1v) is 8.79. The van der Waals surface area contributed by atoms with E-state index in [-0.39, 0.29) is 18.2 Å². The Morgan fingerprint density at radius 1 is 1.23 bits per heavy atom. The monoisotopic (exact) mass is 357 g/mol. The van der Waals surface area contributed by atoms with Gasteiger partial charge in [-0.25, -0.2) is 14.8 Å². The lowest BCUT2D eigenvalue weighted by molar-refractivity contribution is 0.0697. The quantitative estimate of drug-likeness (QED) is 0.683. The lowest BCUT2D eigenvalue weighted by atomic mass is 10.0. The summed E-state index contributed by atoms with van der Waals surface area (Å²) in [4.78, 5) is 26.2. The van der Waals surface area contributed by atoms with E-state index in [0.29, 0.717) is 23.9 Å². The molecule has 1 saturated heterocycles. The van der Waals surface area contributed by atoms with Gasteiger partial charge in [0.1, 0.15) is 0 Å². The van der Waals surface area contributed by atoms with E-state index in [1.165, 1.54) is 24.8 Å². The second-order valence-corrected chi connectivity index (χ2v) is 6.30. The first-order valence-electron chi connectivity index (χ1n) is 8.79. The number of aliphatic hydroxyl groups excluding tert-OH is 1. The zero-order valence-corrected chi connectivity index (χ0v) is 14.5. The van der Waals surface area contributed by atoms with Crippen LogP contribution in [0.4, 0.5) is 5.95 Å². The van der Waals surface area contributed by atoms with Crippen LogP contribution in [-0.4, -0.2) is 68.3 Å². The second kappa shape index (κ2) is 8.68. The topological polar surface area (TPSA) is 111 Å². The van der Waals surface area contributed by atoms with Gasteiger partial charge in [0, 0.05) is 31.5 Å². The van der Waals surface area contributed by atoms with E-state index < -0.39 is 5.97 Å². The van der Waals surface area contributed by atoms with Gasteiger partial charge in [0.2, 0.25) is 5.95 Å². The summed E-state index contributed by atoms with van der Waals surface area (Å²) in [7, 11) is 0. The molecule has 3 rings (SSSR count). The van der Waals surface area contributed by atoms with Gasteiger partial charge in [0.05, 0.1) is 23.6 Å². The number of nitrogens with zero attached hydrogens (tertiary/aromatic N) is 4. The zero-order valence-electron chi connectivity index (χ0n) is 14.5. The predicted octanol–water partition coefficient (Wildman–Crippen LogP) is 1.50. The van der Waals surface area contributed by atoms with Crippen LogP contribution in [0.25, 0.3) is 11.4 Å². The number of aliphatic hydroxyl groups is 1. The van der Waals surface area contributed by atoms with Gasteiger partial charge in [0.25, 0.3) is 0 Å². The summed E-state index contributed by atoms with van der Waals surface area (Å²) >= 11 is 0. The van der Waals surface area contributed by atoms with Crippen molar-refractivity contribution in [3.8, 4) is 11.4 Å². The number of likely N-dealkylation sites (tertiary alicyclic amines) is 1. The SMILES string of the molecule is O=C(O)c1ccnc(-c2ccnc(NCCN3CCCC[C@@H]3CO)n2)c1. The fourth-order valence-corrected chi connectivity index (χ4v) is 3.16. The molecule has 8 heteroatoms. The van der Waals surface area contributed by atoms with E-state index in [4.69, 9.17) is 5.11 Å². The maximum atomic E-state index is 11.1. The molecule has 0 unspecified atom stereocenters. The summed E-state index contributed by atoms with van der Waals surface area (Å²) < 4.78 is 0. The highest BCUT2D eigenvalue weighted by molar-refractivity contribution is 5.88. The highest BCUT2D eigenvalue weighted by Gasteiger charge is 2.20. The van der Waals surface area contributed by atoms with Gasteiger partial charge in [-0.15, -0.1) is 0 Å². The van der Waals surface area contributed by atoms with Gasteiger partial charge >= 0.3 is 5.97 Å². The lowest BCUT2D eigenvalue weighted by Gasteiger charge is -2.34. The minimum absolute atomic E-state index is 0.170. The highest BCUT2D eigenvalue weighted by atomic mass is 16.4. The van der Waals surface area contributed by atoms with Crippen LogP contribution >= 0.6 is 0 Å². The average molecular weight is 357 g/mol. The molecule has 138 valence electrons. The number of hydrogen-bond donors (Lipinski definition) is 3. The van der Waals surface area contributed by atoms with Crippen molar-refractivity contribution in [1.29, 1.82) is 0 Å². The minimum Gasteiger partial charge on any atom is -0.478 e. The number of aromatic carboxylic acids is 1. The first kappa shape index (κ1) is 18.2. The molecule has 0 amide bonds. The Labute approximate surface area is 151 Å². The molecule has 3 N–H and O–H groups in total. The lowest BCUT2D eigenvalue weighted by Crippen LogP contribution is -2.44. The Balaban J connectivity index is 1.62. The van der Waals surface area contributed by atoms with Gasteiger partial charge in [-0.2, -0.15) is 0 Å². The Morgan fingerprint density at radius 3 is 2.88 bits per heavy atom. The van der Waals surface area contributed by atoms with E-state index in [0.717, 1.165) is 25.9 Å². The van der Waals surface area contributed by atoms with Crippen LogP contribution in [0.2, 0.25) is 0 Å². The van der Waals surface area contributed by atoms with Crippen LogP contribution in [-0.2, 0) is 0 Å². The van der Waals surface area contributed by atoms with Crippen molar-refractivity contribution < 1.29 is 15.0 Å². The molecule has 2 aromatic rings. The van der Waals surface area contributed by atoms with E-state index in [9.17, 15) is 9.90 Å². The standard InChI is InChI=1S/C18H23N5O3/c24-12-14-3-1-2-9-23(14)10-8-21-18-20-7-5-15(22-18)16-11-13(17(25)26)4-6-19-16/h4-7,11,14,24H,1-3,8-10,12H2,(H,25,26)(H,20,21,22)/t14-/m1/s1. The third-order valence-electron chi connectivity index (χ3n) is 4.57. The molecule has 2 aromatic heterocycles. The number of carboxylic acids is 1. The summed E-state index contributed by atoms with van der Waals surface area (Å²) in [6.45, 7) is 2.67. The molecule has 0 aromatic carbocycles. The van der Waals surface area contributed by atoms with Gasteiger partial charge in [-0.1, -0.05) is 6.42 Å². The van der Waals surface area contributed by atoms with Crippen LogP contribution < -0.4 is 5.32 Å². The molecule has 0 saturated carbocycles. The molecule has 1 aliphatic heterocycles. The summed E-state index contributed by atoms with van der Waals surface area (Å²) in [5.74, 6) is -0.524. The molecule has 0 bridgehead atoms. The van der Waals surface area contributed by atoms with E-state index >= 15 is 0 Å². The first-order chi connectivity index (χ1) is 12.7. The summed E-state index contributed by atoms with van der Waals surface area (Å²) in [6.07, 6.45) is 6.45. The van der Waals surface area contributed by atoms with Crippen LogP contribution in [0.1, 0.15) is 29.6 Å². The number of anilines is 1. The maximum Gasteiger partial charge on any atom is 0.335 e. The molecule has 0 radical (unpaired) electrons. The smallest absolute Gasteiger partial charge is 0.335 e. The predicted molar refractivity (Wildman–Crippen MR) is 97.0 cm³/mol. The molecule has 0 spiro atoms. The molecule has 26 heavy (non-hydrogen) atoms. The molecule has 1 aliphatic rings. The number of nitrogens with one attached hydrogen (secondary N) is 1.